The smallest absolute Gasteiger partial charge is 0.231 e. The van der Waals surface area contributed by atoms with E-state index in [2.05, 4.69) is 47.0 Å². The van der Waals surface area contributed by atoms with Crippen LogP contribution in [-0.2, 0) is 17.8 Å². The zero-order chi connectivity index (χ0) is 22.2. The van der Waals surface area contributed by atoms with Gasteiger partial charge in [-0.2, -0.15) is 0 Å². The van der Waals surface area contributed by atoms with Gasteiger partial charge in [0.15, 0.2) is 11.5 Å². The van der Waals surface area contributed by atoms with Crippen LogP contribution in [-0.4, -0.2) is 28.8 Å². The van der Waals surface area contributed by atoms with Crippen LogP contribution in [0, 0.1) is 0 Å². The van der Waals surface area contributed by atoms with Crippen molar-refractivity contribution in [2.75, 3.05) is 18.2 Å². The summed E-state index contributed by atoms with van der Waals surface area (Å²) in [5.41, 5.74) is 4.31. The van der Waals surface area contributed by atoms with E-state index in [-0.39, 0.29) is 18.6 Å². The van der Waals surface area contributed by atoms with Crippen molar-refractivity contribution in [2.24, 2.45) is 0 Å². The summed E-state index contributed by atoms with van der Waals surface area (Å²) in [7, 11) is 0. The Morgan fingerprint density at radius 3 is 2.67 bits per heavy atom. The molecule has 6 nitrogen and oxygen atoms in total. The molecule has 2 aliphatic heterocycles. The topological polar surface area (TPSA) is 56.6 Å². The molecule has 166 valence electrons. The standard InChI is InChI=1S/C27H25N3O3/c31-26-15-20(17-30(26)21-12-13-24-25(16-21)33-18-32-24)27-28-22-10-4-5-11-23(22)29(27)14-6-9-19-7-2-1-3-8-19/h1-5,7-8,10-13,16,20H,6,9,14-15,17-18H2. The number of hydrogen-bond donors (Lipinski definition) is 0. The van der Waals surface area contributed by atoms with Crippen LogP contribution in [0.1, 0.15) is 30.1 Å². The molecule has 1 atom stereocenters. The summed E-state index contributed by atoms with van der Waals surface area (Å²) < 4.78 is 13.2. The molecule has 1 fully saturated rings. The maximum absolute atomic E-state index is 13.0. The lowest BCUT2D eigenvalue weighted by atomic mass is 10.1. The third-order valence-electron chi connectivity index (χ3n) is 6.53. The molecule has 4 aromatic rings. The minimum atomic E-state index is 0.0482. The molecule has 0 N–H and O–H groups in total. The summed E-state index contributed by atoms with van der Waals surface area (Å²) in [6.07, 6.45) is 2.49. The number of para-hydroxylation sites is 2. The molecule has 3 aromatic carbocycles. The molecule has 0 bridgehead atoms. The lowest BCUT2D eigenvalue weighted by molar-refractivity contribution is -0.117. The number of anilines is 1. The maximum Gasteiger partial charge on any atom is 0.231 e. The number of aryl methyl sites for hydroxylation is 2. The van der Waals surface area contributed by atoms with Gasteiger partial charge in [-0.1, -0.05) is 42.5 Å². The van der Waals surface area contributed by atoms with Gasteiger partial charge in [-0.3, -0.25) is 4.79 Å². The summed E-state index contributed by atoms with van der Waals surface area (Å²) >= 11 is 0. The molecular formula is C27H25N3O3. The van der Waals surface area contributed by atoms with E-state index in [0.717, 1.165) is 47.7 Å². The first-order valence-electron chi connectivity index (χ1n) is 11.5. The van der Waals surface area contributed by atoms with E-state index in [1.54, 1.807) is 0 Å². The van der Waals surface area contributed by atoms with E-state index in [0.29, 0.717) is 18.7 Å². The summed E-state index contributed by atoms with van der Waals surface area (Å²) in [5, 5.41) is 0. The van der Waals surface area contributed by atoms with Crippen LogP contribution in [0.2, 0.25) is 0 Å². The lowest BCUT2D eigenvalue weighted by Gasteiger charge is -2.18. The molecular weight excluding hydrogens is 414 g/mol. The summed E-state index contributed by atoms with van der Waals surface area (Å²) in [6, 6.07) is 24.5. The first-order valence-corrected chi connectivity index (χ1v) is 11.5. The molecule has 1 unspecified atom stereocenters. The normalized spacial score (nSPS) is 17.3. The SMILES string of the molecule is O=C1CC(c2nc3ccccc3n2CCCc2ccccc2)CN1c1ccc2c(c1)OCO2. The summed E-state index contributed by atoms with van der Waals surface area (Å²) in [6.45, 7) is 1.71. The largest absolute Gasteiger partial charge is 0.454 e. The van der Waals surface area contributed by atoms with Crippen LogP contribution < -0.4 is 14.4 Å². The molecule has 0 saturated carbocycles. The molecule has 1 amide bonds. The fourth-order valence-electron chi connectivity index (χ4n) is 4.91. The van der Waals surface area contributed by atoms with Gasteiger partial charge in [0.2, 0.25) is 12.7 Å². The fourth-order valence-corrected chi connectivity index (χ4v) is 4.91. The number of ether oxygens (including phenoxy) is 2. The van der Waals surface area contributed by atoms with Crippen LogP contribution in [0.4, 0.5) is 5.69 Å². The van der Waals surface area contributed by atoms with E-state index >= 15 is 0 Å². The molecule has 2 aliphatic rings. The second kappa shape index (κ2) is 8.28. The van der Waals surface area contributed by atoms with Crippen LogP contribution in [0.25, 0.3) is 11.0 Å². The monoisotopic (exact) mass is 439 g/mol. The Labute approximate surface area is 192 Å². The maximum atomic E-state index is 13.0. The Hall–Kier alpha value is -3.80. The van der Waals surface area contributed by atoms with Gasteiger partial charge in [0.25, 0.3) is 0 Å². The first-order chi connectivity index (χ1) is 16.3. The molecule has 1 aromatic heterocycles. The van der Waals surface area contributed by atoms with Gasteiger partial charge >= 0.3 is 0 Å². The fraction of sp³-hybridized carbons (Fsp3) is 0.259. The number of benzene rings is 3. The number of rotatable bonds is 6. The van der Waals surface area contributed by atoms with Gasteiger partial charge in [-0.25, -0.2) is 4.98 Å². The molecule has 3 heterocycles. The van der Waals surface area contributed by atoms with Crippen molar-refractivity contribution in [3.63, 3.8) is 0 Å². The number of hydrogen-bond acceptors (Lipinski definition) is 4. The highest BCUT2D eigenvalue weighted by molar-refractivity contribution is 5.97. The number of carbonyl (C=O) groups is 1. The quantitative estimate of drug-likeness (QED) is 0.428. The van der Waals surface area contributed by atoms with E-state index in [1.165, 1.54) is 5.56 Å². The van der Waals surface area contributed by atoms with E-state index < -0.39 is 0 Å². The van der Waals surface area contributed by atoms with Gasteiger partial charge in [-0.15, -0.1) is 0 Å². The average Bonchev–Trinajstić information content (AvgIpc) is 3.56. The minimum absolute atomic E-state index is 0.0482. The number of aromatic nitrogens is 2. The van der Waals surface area contributed by atoms with Crippen LogP contribution >= 0.6 is 0 Å². The van der Waals surface area contributed by atoms with Gasteiger partial charge in [0.1, 0.15) is 5.82 Å². The van der Waals surface area contributed by atoms with Crippen molar-refractivity contribution < 1.29 is 14.3 Å². The van der Waals surface area contributed by atoms with Gasteiger partial charge in [0, 0.05) is 37.2 Å². The average molecular weight is 440 g/mol. The second-order valence-electron chi connectivity index (χ2n) is 8.64. The van der Waals surface area contributed by atoms with E-state index in [1.807, 2.05) is 35.2 Å². The molecule has 6 heteroatoms. The molecule has 0 aliphatic carbocycles. The van der Waals surface area contributed by atoms with Crippen LogP contribution in [0.15, 0.2) is 72.8 Å². The zero-order valence-electron chi connectivity index (χ0n) is 18.3. The van der Waals surface area contributed by atoms with Crippen molar-refractivity contribution in [2.45, 2.75) is 31.7 Å². The van der Waals surface area contributed by atoms with Crippen molar-refractivity contribution in [3.8, 4) is 11.5 Å². The Kier molecular flexibility index (Phi) is 4.98. The molecule has 0 radical (unpaired) electrons. The second-order valence-corrected chi connectivity index (χ2v) is 8.64. The van der Waals surface area contributed by atoms with E-state index in [9.17, 15) is 4.79 Å². The lowest BCUT2D eigenvalue weighted by Crippen LogP contribution is -2.24. The number of amides is 1. The third kappa shape index (κ3) is 3.71. The summed E-state index contributed by atoms with van der Waals surface area (Å²) in [5.74, 6) is 2.58. The van der Waals surface area contributed by atoms with Gasteiger partial charge in [-0.05, 0) is 42.7 Å². The number of nitrogens with zero attached hydrogens (tertiary/aromatic N) is 3. The predicted molar refractivity (Wildman–Crippen MR) is 127 cm³/mol. The highest BCUT2D eigenvalue weighted by atomic mass is 16.7. The van der Waals surface area contributed by atoms with Gasteiger partial charge < -0.3 is 18.9 Å². The predicted octanol–water partition coefficient (Wildman–Crippen LogP) is 4.92. The van der Waals surface area contributed by atoms with Crippen molar-refractivity contribution in [3.05, 3.63) is 84.2 Å². The number of fused-ring (bicyclic) bond motifs is 2. The Morgan fingerprint density at radius 1 is 0.939 bits per heavy atom. The minimum Gasteiger partial charge on any atom is -0.454 e. The van der Waals surface area contributed by atoms with Crippen molar-refractivity contribution >= 4 is 22.6 Å². The first kappa shape index (κ1) is 19.9. The molecule has 1 saturated heterocycles. The summed E-state index contributed by atoms with van der Waals surface area (Å²) in [4.78, 5) is 19.8. The van der Waals surface area contributed by atoms with Gasteiger partial charge in [0.05, 0.1) is 11.0 Å². The third-order valence-corrected chi connectivity index (χ3v) is 6.53. The highest BCUT2D eigenvalue weighted by Gasteiger charge is 2.35. The number of carbonyl (C=O) groups excluding carboxylic acids is 1. The van der Waals surface area contributed by atoms with Crippen molar-refractivity contribution in [1.82, 2.24) is 9.55 Å². The van der Waals surface area contributed by atoms with Crippen molar-refractivity contribution in [1.29, 1.82) is 0 Å². The number of imidazole rings is 1. The van der Waals surface area contributed by atoms with Crippen LogP contribution in [0.3, 0.4) is 0 Å². The van der Waals surface area contributed by atoms with E-state index in [4.69, 9.17) is 14.5 Å². The van der Waals surface area contributed by atoms with Crippen LogP contribution in [0.5, 0.6) is 11.5 Å². The molecule has 6 rings (SSSR count). The molecule has 33 heavy (non-hydrogen) atoms. The highest BCUT2D eigenvalue weighted by Crippen LogP contribution is 2.39. The molecule has 0 spiro atoms. The Bertz CT molecular complexity index is 1310. The Morgan fingerprint density at radius 2 is 1.76 bits per heavy atom. The Balaban J connectivity index is 1.26. The zero-order valence-corrected chi connectivity index (χ0v) is 18.3.